The molecule has 4 N–H and O–H groups in total. The van der Waals surface area contributed by atoms with Gasteiger partial charge >= 0.3 is 6.18 Å². The molecule has 1 saturated heterocycles. The van der Waals surface area contributed by atoms with Crippen molar-refractivity contribution in [1.82, 2.24) is 4.90 Å². The summed E-state index contributed by atoms with van der Waals surface area (Å²) in [5.74, 6) is -6.87. The first-order valence-corrected chi connectivity index (χ1v) is 6.74. The predicted octanol–water partition coefficient (Wildman–Crippen LogP) is -0.0359. The van der Waals surface area contributed by atoms with Crippen molar-refractivity contribution in [2.45, 2.75) is 43.7 Å². The van der Waals surface area contributed by atoms with E-state index < -0.39 is 29.4 Å². The van der Waals surface area contributed by atoms with Gasteiger partial charge in [-0.05, 0) is 25.7 Å². The van der Waals surface area contributed by atoms with E-state index in [9.17, 15) is 33.6 Å². The number of alkyl halides is 3. The lowest BCUT2D eigenvalue weighted by atomic mass is 9.91. The summed E-state index contributed by atoms with van der Waals surface area (Å²) in [6.45, 7) is -0.391. The number of nitrogens with zero attached hydrogens (tertiary/aromatic N) is 1. The normalized spacial score (nSPS) is 25.1. The maximum atomic E-state index is 12.6. The molecular weight excluding hydrogens is 295 g/mol. The van der Waals surface area contributed by atoms with Crippen LogP contribution in [0.15, 0.2) is 0 Å². The minimum absolute atomic E-state index is 0.0834. The van der Waals surface area contributed by atoms with E-state index in [2.05, 4.69) is 4.74 Å². The summed E-state index contributed by atoms with van der Waals surface area (Å²) in [7, 11) is 1.01. The summed E-state index contributed by atoms with van der Waals surface area (Å²) >= 11 is 0. The molecule has 0 atom stereocenters. The monoisotopic (exact) mass is 315 g/mol. The Kier molecular flexibility index (Phi) is 4.06. The van der Waals surface area contributed by atoms with Crippen LogP contribution in [-0.4, -0.2) is 63.6 Å². The Balaban J connectivity index is 2.09. The number of halogens is 3. The van der Waals surface area contributed by atoms with Gasteiger partial charge in [-0.3, -0.25) is 4.90 Å². The Labute approximate surface area is 119 Å². The van der Waals surface area contributed by atoms with Crippen molar-refractivity contribution in [1.29, 1.82) is 0 Å². The van der Waals surface area contributed by atoms with Crippen molar-refractivity contribution < 1.29 is 38.3 Å². The zero-order valence-electron chi connectivity index (χ0n) is 11.6. The van der Waals surface area contributed by atoms with Crippen molar-refractivity contribution in [3.05, 3.63) is 0 Å². The molecule has 0 aromatic rings. The van der Waals surface area contributed by atoms with Crippen LogP contribution in [0.2, 0.25) is 0 Å². The number of methoxy groups -OCH3 is 1. The molecule has 1 aliphatic heterocycles. The van der Waals surface area contributed by atoms with Crippen LogP contribution in [-0.2, 0) is 4.74 Å². The first-order valence-electron chi connectivity index (χ1n) is 6.74. The van der Waals surface area contributed by atoms with Crippen LogP contribution in [0.1, 0.15) is 25.7 Å². The topological polar surface area (TPSA) is 93.4 Å². The Morgan fingerprint density at radius 3 is 1.86 bits per heavy atom. The minimum atomic E-state index is -4.30. The molecule has 9 heteroatoms. The van der Waals surface area contributed by atoms with Gasteiger partial charge in [0, 0.05) is 20.2 Å². The molecule has 0 aromatic heterocycles. The van der Waals surface area contributed by atoms with E-state index in [1.165, 1.54) is 0 Å². The zero-order valence-corrected chi connectivity index (χ0v) is 11.6. The molecule has 0 spiro atoms. The van der Waals surface area contributed by atoms with Crippen LogP contribution in [0.5, 0.6) is 0 Å². The molecule has 0 amide bonds. The maximum Gasteiger partial charge on any atom is 0.391 e. The maximum absolute atomic E-state index is 12.6. The average molecular weight is 315 g/mol. The van der Waals surface area contributed by atoms with Gasteiger partial charge in [0.1, 0.15) is 5.41 Å². The second-order valence-electron chi connectivity index (χ2n) is 5.83. The lowest BCUT2D eigenvalue weighted by Crippen LogP contribution is -2.65. The Hall–Kier alpha value is -0.450. The van der Waals surface area contributed by atoms with Crippen LogP contribution in [0.25, 0.3) is 0 Å². The molecule has 0 aromatic carbocycles. The molecule has 2 fully saturated rings. The molecule has 1 aliphatic carbocycles. The molecule has 21 heavy (non-hydrogen) atoms. The first kappa shape index (κ1) is 16.9. The van der Waals surface area contributed by atoms with Crippen molar-refractivity contribution in [3.8, 4) is 0 Å². The van der Waals surface area contributed by atoms with Gasteiger partial charge in [-0.1, -0.05) is 0 Å². The summed E-state index contributed by atoms with van der Waals surface area (Å²) in [6, 6.07) is 0. The van der Waals surface area contributed by atoms with Gasteiger partial charge in [-0.25, -0.2) is 0 Å². The highest BCUT2D eigenvalue weighted by Crippen LogP contribution is 2.61. The predicted molar refractivity (Wildman–Crippen MR) is 63.4 cm³/mol. The van der Waals surface area contributed by atoms with E-state index in [0.29, 0.717) is 0 Å². The van der Waals surface area contributed by atoms with E-state index in [4.69, 9.17) is 0 Å². The molecular formula is C12H20F3NO5. The third kappa shape index (κ3) is 2.66. The fourth-order valence-corrected chi connectivity index (χ4v) is 3.02. The van der Waals surface area contributed by atoms with E-state index in [1.54, 1.807) is 0 Å². The quantitative estimate of drug-likeness (QED) is 0.544. The molecule has 0 bridgehead atoms. The average Bonchev–Trinajstić information content (AvgIpc) is 3.20. The van der Waals surface area contributed by atoms with Crippen molar-refractivity contribution >= 4 is 0 Å². The number of aliphatic hydroxyl groups is 4. The van der Waals surface area contributed by atoms with Crippen LogP contribution >= 0.6 is 0 Å². The number of rotatable bonds is 4. The lowest BCUT2D eigenvalue weighted by molar-refractivity contribution is -0.439. The molecule has 124 valence electrons. The van der Waals surface area contributed by atoms with E-state index in [-0.39, 0.29) is 38.8 Å². The Morgan fingerprint density at radius 2 is 1.52 bits per heavy atom. The number of hydrogen-bond acceptors (Lipinski definition) is 6. The first-order chi connectivity index (χ1) is 9.48. The second kappa shape index (κ2) is 5.04. The van der Waals surface area contributed by atoms with Gasteiger partial charge in [0.15, 0.2) is 0 Å². The molecule has 2 rings (SSSR count). The van der Waals surface area contributed by atoms with Gasteiger partial charge in [0.2, 0.25) is 5.91 Å². The standard InChI is InChI=1S/C12H20F3NO5/c1-21-12(19,20)9(4-5-9)11(17,18)16-6-2-8(3-7-16)10(13,14)15/h8,17-20H,2-7H2,1H3. The van der Waals surface area contributed by atoms with Gasteiger partial charge in [-0.15, -0.1) is 0 Å². The SMILES string of the molecule is COC(O)(O)C1(C(O)(O)N2CCC(C(F)(F)F)CC2)CC1. The second-order valence-corrected chi connectivity index (χ2v) is 5.83. The highest BCUT2D eigenvalue weighted by molar-refractivity contribution is 5.08. The third-order valence-corrected chi connectivity index (χ3v) is 4.70. The van der Waals surface area contributed by atoms with Crippen molar-refractivity contribution in [2.75, 3.05) is 20.2 Å². The van der Waals surface area contributed by atoms with E-state index in [0.717, 1.165) is 12.0 Å². The fraction of sp³-hybridized carbons (Fsp3) is 1.00. The third-order valence-electron chi connectivity index (χ3n) is 4.70. The van der Waals surface area contributed by atoms with E-state index >= 15 is 0 Å². The van der Waals surface area contributed by atoms with Crippen molar-refractivity contribution in [2.24, 2.45) is 11.3 Å². The summed E-state index contributed by atoms with van der Waals surface area (Å²) in [4.78, 5) is 1.04. The summed E-state index contributed by atoms with van der Waals surface area (Å²) in [5.41, 5.74) is -1.74. The fourth-order valence-electron chi connectivity index (χ4n) is 3.02. The number of likely N-dealkylation sites (tertiary alicyclic amines) is 1. The van der Waals surface area contributed by atoms with Crippen molar-refractivity contribution in [3.63, 3.8) is 0 Å². The van der Waals surface area contributed by atoms with Gasteiger partial charge in [-0.2, -0.15) is 13.2 Å². The number of piperidine rings is 1. The number of hydrogen-bond donors (Lipinski definition) is 4. The molecule has 1 saturated carbocycles. The molecule has 6 nitrogen and oxygen atoms in total. The molecule has 2 aliphatic rings. The van der Waals surface area contributed by atoms with Crippen LogP contribution < -0.4 is 0 Å². The Bertz CT molecular complexity index is 387. The largest absolute Gasteiger partial charge is 0.391 e. The minimum Gasteiger partial charge on any atom is -0.353 e. The van der Waals surface area contributed by atoms with Gasteiger partial charge in [0.05, 0.1) is 5.92 Å². The molecule has 1 heterocycles. The molecule has 0 unspecified atom stereocenters. The van der Waals surface area contributed by atoms with Crippen LogP contribution in [0.4, 0.5) is 13.2 Å². The summed E-state index contributed by atoms with van der Waals surface area (Å²) in [5, 5.41) is 40.1. The van der Waals surface area contributed by atoms with Gasteiger partial charge < -0.3 is 25.2 Å². The lowest BCUT2D eigenvalue weighted by Gasteiger charge is -2.47. The summed E-state index contributed by atoms with van der Waals surface area (Å²) in [6.07, 6.45) is -4.67. The smallest absolute Gasteiger partial charge is 0.353 e. The highest BCUT2D eigenvalue weighted by atomic mass is 19.4. The molecule has 0 radical (unpaired) electrons. The highest BCUT2D eigenvalue weighted by Gasteiger charge is 2.73. The zero-order chi connectivity index (χ0) is 16.1. The van der Waals surface area contributed by atoms with Gasteiger partial charge in [0.25, 0.3) is 5.97 Å². The number of ether oxygens (including phenoxy) is 1. The Morgan fingerprint density at radius 1 is 1.05 bits per heavy atom. The van der Waals surface area contributed by atoms with E-state index in [1.807, 2.05) is 0 Å². The van der Waals surface area contributed by atoms with Crippen LogP contribution in [0.3, 0.4) is 0 Å². The summed E-state index contributed by atoms with van der Waals surface area (Å²) < 4.78 is 42.3. The van der Waals surface area contributed by atoms with Crippen LogP contribution in [0, 0.1) is 11.3 Å².